The molecule has 6 heteroatoms. The molecule has 0 fully saturated rings. The highest BCUT2D eigenvalue weighted by Crippen LogP contribution is 2.13. The lowest BCUT2D eigenvalue weighted by atomic mass is 10.3. The van der Waals surface area contributed by atoms with E-state index in [0.717, 1.165) is 0 Å². The molecule has 2 aromatic carbocycles. The summed E-state index contributed by atoms with van der Waals surface area (Å²) in [7, 11) is 0. The van der Waals surface area contributed by atoms with Crippen LogP contribution in [0.1, 0.15) is 0 Å². The van der Waals surface area contributed by atoms with Crippen molar-refractivity contribution in [1.82, 2.24) is 0 Å². The van der Waals surface area contributed by atoms with Crippen LogP contribution in [0, 0.1) is 0 Å². The summed E-state index contributed by atoms with van der Waals surface area (Å²) < 4.78 is 25.3. The lowest BCUT2D eigenvalue weighted by Crippen LogP contribution is -2.19. The Labute approximate surface area is 113 Å². The monoisotopic (exact) mass is 276 g/mol. The van der Waals surface area contributed by atoms with E-state index < -0.39 is 11.2 Å². The third kappa shape index (κ3) is 4.53. The van der Waals surface area contributed by atoms with Crippen LogP contribution < -0.4 is 14.6 Å². The minimum atomic E-state index is -1.90. The molecule has 0 aliphatic heterocycles. The Bertz CT molecular complexity index is 529. The van der Waals surface area contributed by atoms with Gasteiger partial charge in [0.15, 0.2) is 0 Å². The van der Waals surface area contributed by atoms with Crippen LogP contribution in [0.25, 0.3) is 0 Å². The smallest absolute Gasteiger partial charge is 0.409 e. The predicted octanol–water partition coefficient (Wildman–Crippen LogP) is 2.04. The maximum absolute atomic E-state index is 11.0. The summed E-state index contributed by atoms with van der Waals surface area (Å²) in [5.74, 6) is 1.03. The third-order valence-corrected chi connectivity index (χ3v) is 2.39. The van der Waals surface area contributed by atoms with Crippen molar-refractivity contribution in [2.24, 2.45) is 9.54 Å². The normalized spacial score (nSPS) is 11.4. The van der Waals surface area contributed by atoms with Crippen LogP contribution in [0.4, 0.5) is 0 Å². The van der Waals surface area contributed by atoms with E-state index in [1.54, 1.807) is 48.5 Å². The van der Waals surface area contributed by atoms with Gasteiger partial charge in [0, 0.05) is 0 Å². The fourth-order valence-electron chi connectivity index (χ4n) is 1.31. The molecule has 0 aromatic heterocycles. The van der Waals surface area contributed by atoms with Crippen molar-refractivity contribution in [2.75, 3.05) is 0 Å². The predicted molar refractivity (Wildman–Crippen MR) is 73.9 cm³/mol. The molecule has 98 valence electrons. The topological polar surface area (TPSA) is 73.9 Å². The van der Waals surface area contributed by atoms with Crippen molar-refractivity contribution >= 4 is 17.3 Å². The van der Waals surface area contributed by atoms with Crippen molar-refractivity contribution in [3.8, 4) is 11.5 Å². The van der Waals surface area contributed by atoms with Gasteiger partial charge in [0.1, 0.15) is 11.5 Å². The minimum Gasteiger partial charge on any atom is -0.410 e. The summed E-state index contributed by atoms with van der Waals surface area (Å²) in [6.45, 7) is 0. The fraction of sp³-hybridized carbons (Fsp3) is 0. The average molecular weight is 276 g/mol. The molecule has 0 radical (unpaired) electrons. The number of nitrogens with zero attached hydrogens (tertiary/aromatic N) is 1. The summed E-state index contributed by atoms with van der Waals surface area (Å²) in [6.07, 6.45) is -0.168. The van der Waals surface area contributed by atoms with Crippen LogP contribution in [0.15, 0.2) is 65.1 Å². The maximum Gasteiger partial charge on any atom is 0.409 e. The summed E-state index contributed by atoms with van der Waals surface area (Å²) in [6, 6.07) is 17.8. The van der Waals surface area contributed by atoms with E-state index >= 15 is 0 Å². The van der Waals surface area contributed by atoms with Gasteiger partial charge in [-0.25, -0.2) is 9.35 Å². The number of ether oxygens (including phenoxy) is 2. The van der Waals surface area contributed by atoms with Gasteiger partial charge in [-0.15, -0.1) is 0 Å². The standard InChI is InChI=1S/C13H12N2O3S/c14-19(16)15-13(17-11-7-3-1-4-8-11)18-12-9-5-2-6-10-12/h1-10H,14H2. The zero-order valence-electron chi connectivity index (χ0n) is 9.93. The molecule has 1 atom stereocenters. The lowest BCUT2D eigenvalue weighted by Gasteiger charge is -2.08. The average Bonchev–Trinajstić information content (AvgIpc) is 2.40. The Hall–Kier alpha value is -2.18. The van der Waals surface area contributed by atoms with Crippen LogP contribution in [0.2, 0.25) is 0 Å². The molecular weight excluding hydrogens is 264 g/mol. The van der Waals surface area contributed by atoms with Crippen molar-refractivity contribution < 1.29 is 13.7 Å². The molecule has 5 nitrogen and oxygen atoms in total. The molecule has 2 rings (SSSR count). The first-order valence-corrected chi connectivity index (χ1v) is 6.62. The van der Waals surface area contributed by atoms with Crippen molar-refractivity contribution in [1.29, 1.82) is 0 Å². The molecule has 19 heavy (non-hydrogen) atoms. The van der Waals surface area contributed by atoms with Gasteiger partial charge in [0.05, 0.1) is 0 Å². The van der Waals surface area contributed by atoms with E-state index in [-0.39, 0.29) is 6.08 Å². The summed E-state index contributed by atoms with van der Waals surface area (Å²) >= 11 is -1.90. The molecule has 2 aromatic rings. The van der Waals surface area contributed by atoms with Crippen LogP contribution >= 0.6 is 0 Å². The van der Waals surface area contributed by atoms with Gasteiger partial charge >= 0.3 is 6.08 Å². The largest absolute Gasteiger partial charge is 0.410 e. The molecule has 1 unspecified atom stereocenters. The number of hydrogen-bond acceptors (Lipinski definition) is 3. The van der Waals surface area contributed by atoms with Crippen molar-refractivity contribution in [2.45, 2.75) is 0 Å². The van der Waals surface area contributed by atoms with Gasteiger partial charge in [0.2, 0.25) is 11.2 Å². The highest BCUT2D eigenvalue weighted by atomic mass is 32.2. The molecule has 0 bridgehead atoms. The minimum absolute atomic E-state index is 0.168. The summed E-state index contributed by atoms with van der Waals surface area (Å²) in [5, 5.41) is 5.13. The van der Waals surface area contributed by atoms with Gasteiger partial charge in [-0.05, 0) is 24.3 Å². The molecule has 0 saturated carbocycles. The van der Waals surface area contributed by atoms with Gasteiger partial charge in [-0.2, -0.15) is 0 Å². The van der Waals surface area contributed by atoms with Crippen molar-refractivity contribution in [3.05, 3.63) is 60.7 Å². The van der Waals surface area contributed by atoms with E-state index in [0.29, 0.717) is 11.5 Å². The van der Waals surface area contributed by atoms with E-state index in [1.165, 1.54) is 0 Å². The highest BCUT2D eigenvalue weighted by Gasteiger charge is 2.07. The molecule has 2 N–H and O–H groups in total. The van der Waals surface area contributed by atoms with Crippen LogP contribution in [0.5, 0.6) is 11.5 Å². The Morgan fingerprint density at radius 2 is 1.32 bits per heavy atom. The molecule has 0 saturated heterocycles. The maximum atomic E-state index is 11.0. The van der Waals surface area contributed by atoms with Crippen LogP contribution in [-0.2, 0) is 11.2 Å². The second kappa shape index (κ2) is 6.67. The van der Waals surface area contributed by atoms with E-state index in [9.17, 15) is 4.21 Å². The highest BCUT2D eigenvalue weighted by molar-refractivity contribution is 7.81. The number of para-hydroxylation sites is 2. The Morgan fingerprint density at radius 1 is 0.895 bits per heavy atom. The van der Waals surface area contributed by atoms with Gasteiger partial charge in [-0.3, -0.25) is 0 Å². The first-order chi connectivity index (χ1) is 9.24. The molecule has 0 aliphatic carbocycles. The number of rotatable bonds is 3. The number of nitrogens with two attached hydrogens (primary N) is 1. The van der Waals surface area contributed by atoms with Gasteiger partial charge < -0.3 is 9.47 Å². The van der Waals surface area contributed by atoms with Crippen LogP contribution in [0.3, 0.4) is 0 Å². The second-order valence-corrected chi connectivity index (χ2v) is 4.20. The lowest BCUT2D eigenvalue weighted by molar-refractivity contribution is 0.387. The summed E-state index contributed by atoms with van der Waals surface area (Å²) in [5.41, 5.74) is 0. The molecule has 0 spiro atoms. The molecular formula is C13H12N2O3S. The fourth-order valence-corrected chi connectivity index (χ4v) is 1.53. The first kappa shape index (κ1) is 13.3. The zero-order chi connectivity index (χ0) is 13.5. The molecule has 0 heterocycles. The van der Waals surface area contributed by atoms with Gasteiger partial charge in [-0.1, -0.05) is 40.8 Å². The molecule has 0 amide bonds. The quantitative estimate of drug-likeness (QED) is 0.688. The van der Waals surface area contributed by atoms with Crippen molar-refractivity contribution in [3.63, 3.8) is 0 Å². The first-order valence-electron chi connectivity index (χ1n) is 5.45. The Kier molecular flexibility index (Phi) is 4.66. The Morgan fingerprint density at radius 3 is 1.68 bits per heavy atom. The van der Waals surface area contributed by atoms with E-state index in [2.05, 4.69) is 4.40 Å². The number of hydrogen-bond donors (Lipinski definition) is 1. The Balaban J connectivity index is 2.16. The number of benzene rings is 2. The second-order valence-electron chi connectivity index (χ2n) is 3.46. The van der Waals surface area contributed by atoms with Crippen LogP contribution in [-0.4, -0.2) is 10.3 Å². The SMILES string of the molecule is NS(=O)N=C(Oc1ccccc1)Oc1ccccc1. The summed E-state index contributed by atoms with van der Waals surface area (Å²) in [4.78, 5) is 0. The molecule has 0 aliphatic rings. The van der Waals surface area contributed by atoms with E-state index in [1.807, 2.05) is 12.1 Å². The zero-order valence-corrected chi connectivity index (χ0v) is 10.7. The van der Waals surface area contributed by atoms with E-state index in [4.69, 9.17) is 14.6 Å². The third-order valence-electron chi connectivity index (χ3n) is 2.06. The van der Waals surface area contributed by atoms with Gasteiger partial charge in [0.25, 0.3) is 0 Å².